The van der Waals surface area contributed by atoms with Crippen molar-refractivity contribution in [3.05, 3.63) is 29.8 Å². The fourth-order valence-electron chi connectivity index (χ4n) is 4.81. The van der Waals surface area contributed by atoms with E-state index in [-0.39, 0.29) is 11.9 Å². The fraction of sp³-hybridized carbons (Fsp3) is 0.650. The monoisotopic (exact) mass is 313 g/mol. The number of fused-ring (bicyclic) bond motifs is 2. The number of carbonyl (C=O) groups is 1. The molecule has 2 bridgehead atoms. The summed E-state index contributed by atoms with van der Waals surface area (Å²) >= 11 is 0. The quantitative estimate of drug-likeness (QED) is 0.859. The van der Waals surface area contributed by atoms with E-state index in [2.05, 4.69) is 17.4 Å². The van der Waals surface area contributed by atoms with Crippen LogP contribution in [0.5, 0.6) is 5.75 Å². The van der Waals surface area contributed by atoms with Gasteiger partial charge in [0, 0.05) is 6.42 Å². The predicted molar refractivity (Wildman–Crippen MR) is 90.2 cm³/mol. The van der Waals surface area contributed by atoms with Crippen LogP contribution in [0.3, 0.4) is 0 Å². The van der Waals surface area contributed by atoms with Gasteiger partial charge in [0.15, 0.2) is 0 Å². The molecular formula is C20H27NO2. The van der Waals surface area contributed by atoms with Crippen LogP contribution in [0.4, 0.5) is 0 Å². The molecule has 3 saturated carbocycles. The number of methoxy groups -OCH3 is 1. The van der Waals surface area contributed by atoms with E-state index < -0.39 is 0 Å². The average Bonchev–Trinajstić information content (AvgIpc) is 3.21. The van der Waals surface area contributed by atoms with Gasteiger partial charge in [0.25, 0.3) is 0 Å². The molecule has 0 saturated heterocycles. The van der Waals surface area contributed by atoms with Crippen molar-refractivity contribution in [2.24, 2.45) is 23.7 Å². The van der Waals surface area contributed by atoms with E-state index in [1.807, 2.05) is 12.1 Å². The summed E-state index contributed by atoms with van der Waals surface area (Å²) in [6, 6.07) is 8.37. The molecule has 4 atom stereocenters. The van der Waals surface area contributed by atoms with Crippen LogP contribution in [0, 0.1) is 23.7 Å². The van der Waals surface area contributed by atoms with Gasteiger partial charge in [-0.1, -0.05) is 18.6 Å². The Bertz CT molecular complexity index is 564. The van der Waals surface area contributed by atoms with Gasteiger partial charge in [-0.15, -0.1) is 0 Å². The van der Waals surface area contributed by atoms with Crippen molar-refractivity contribution in [1.82, 2.24) is 5.32 Å². The molecule has 0 aromatic heterocycles. The number of nitrogens with one attached hydrogen (secondary N) is 1. The Kier molecular flexibility index (Phi) is 4.04. The van der Waals surface area contributed by atoms with Crippen LogP contribution in [0.1, 0.15) is 56.6 Å². The van der Waals surface area contributed by atoms with Crippen molar-refractivity contribution < 1.29 is 9.53 Å². The van der Waals surface area contributed by atoms with E-state index in [0.717, 1.165) is 24.0 Å². The van der Waals surface area contributed by atoms with Crippen LogP contribution in [0.15, 0.2) is 24.3 Å². The number of hydrogen-bond donors (Lipinski definition) is 1. The summed E-state index contributed by atoms with van der Waals surface area (Å²) in [7, 11) is 1.68. The minimum absolute atomic E-state index is 0.187. The SMILES string of the molecule is COc1ccc(C(NC(=O)CC2CC3CCC2C3)C2CC2)cc1. The summed E-state index contributed by atoms with van der Waals surface area (Å²) in [5, 5.41) is 3.34. The van der Waals surface area contributed by atoms with Crippen molar-refractivity contribution in [3.63, 3.8) is 0 Å². The molecule has 3 nitrogen and oxygen atoms in total. The zero-order valence-corrected chi connectivity index (χ0v) is 14.0. The lowest BCUT2D eigenvalue weighted by atomic mass is 9.86. The summed E-state index contributed by atoms with van der Waals surface area (Å²) in [6.07, 6.45) is 8.61. The molecule has 3 aliphatic rings. The lowest BCUT2D eigenvalue weighted by molar-refractivity contribution is -0.123. The summed E-state index contributed by atoms with van der Waals surface area (Å²) in [5.74, 6) is 4.13. The number of carbonyl (C=O) groups excluding carboxylic acids is 1. The van der Waals surface area contributed by atoms with Crippen LogP contribution in [-0.2, 0) is 4.79 Å². The number of ether oxygens (including phenoxy) is 1. The first kappa shape index (κ1) is 15.0. The van der Waals surface area contributed by atoms with E-state index in [1.165, 1.54) is 44.1 Å². The van der Waals surface area contributed by atoms with Crippen molar-refractivity contribution in [2.75, 3.05) is 7.11 Å². The summed E-state index contributed by atoms with van der Waals surface area (Å²) < 4.78 is 5.24. The second kappa shape index (κ2) is 6.18. The molecule has 23 heavy (non-hydrogen) atoms. The van der Waals surface area contributed by atoms with Gasteiger partial charge in [-0.25, -0.2) is 0 Å². The molecule has 3 fully saturated rings. The average molecular weight is 313 g/mol. The zero-order valence-electron chi connectivity index (χ0n) is 14.0. The third kappa shape index (κ3) is 3.24. The van der Waals surface area contributed by atoms with Gasteiger partial charge in [0.05, 0.1) is 13.2 Å². The standard InChI is InChI=1S/C20H27NO2/c1-23-18-8-6-15(7-9-18)20(14-4-5-14)21-19(22)12-17-11-13-2-3-16(17)10-13/h6-9,13-14,16-17,20H,2-5,10-12H2,1H3,(H,21,22). The highest BCUT2D eigenvalue weighted by Gasteiger charge is 2.41. The fourth-order valence-corrected chi connectivity index (χ4v) is 4.81. The van der Waals surface area contributed by atoms with E-state index in [9.17, 15) is 4.79 Å². The summed E-state index contributed by atoms with van der Waals surface area (Å²) in [4.78, 5) is 12.6. The predicted octanol–water partition coefficient (Wildman–Crippen LogP) is 4.09. The van der Waals surface area contributed by atoms with E-state index >= 15 is 0 Å². The lowest BCUT2D eigenvalue weighted by Crippen LogP contribution is -2.32. The number of amides is 1. The first-order valence-corrected chi connectivity index (χ1v) is 9.16. The van der Waals surface area contributed by atoms with Crippen molar-refractivity contribution in [1.29, 1.82) is 0 Å². The van der Waals surface area contributed by atoms with Gasteiger partial charge in [-0.2, -0.15) is 0 Å². The Balaban J connectivity index is 1.38. The van der Waals surface area contributed by atoms with Crippen LogP contribution in [0.2, 0.25) is 0 Å². The minimum Gasteiger partial charge on any atom is -0.497 e. The summed E-state index contributed by atoms with van der Waals surface area (Å²) in [5.41, 5.74) is 1.22. The van der Waals surface area contributed by atoms with Gasteiger partial charge < -0.3 is 10.1 Å². The van der Waals surface area contributed by atoms with Crippen molar-refractivity contribution >= 4 is 5.91 Å². The Morgan fingerprint density at radius 3 is 2.52 bits per heavy atom. The molecule has 1 N–H and O–H groups in total. The highest BCUT2D eigenvalue weighted by atomic mass is 16.5. The smallest absolute Gasteiger partial charge is 0.220 e. The molecule has 1 amide bonds. The number of benzene rings is 1. The molecule has 0 aliphatic heterocycles. The molecule has 1 aromatic carbocycles. The van der Waals surface area contributed by atoms with Crippen LogP contribution in [-0.4, -0.2) is 13.0 Å². The highest BCUT2D eigenvalue weighted by Crippen LogP contribution is 2.49. The van der Waals surface area contributed by atoms with Gasteiger partial charge in [-0.3, -0.25) is 4.79 Å². The van der Waals surface area contributed by atoms with Crippen LogP contribution < -0.4 is 10.1 Å². The van der Waals surface area contributed by atoms with Crippen molar-refractivity contribution in [2.45, 2.75) is 51.0 Å². The lowest BCUT2D eigenvalue weighted by Gasteiger charge is -2.24. The molecular weight excluding hydrogens is 286 g/mol. The van der Waals surface area contributed by atoms with Crippen molar-refractivity contribution in [3.8, 4) is 5.75 Å². The van der Waals surface area contributed by atoms with E-state index in [4.69, 9.17) is 4.74 Å². The third-order valence-corrected chi connectivity index (χ3v) is 6.22. The van der Waals surface area contributed by atoms with E-state index in [1.54, 1.807) is 7.11 Å². The Labute approximate surface area is 138 Å². The maximum atomic E-state index is 12.6. The molecule has 4 unspecified atom stereocenters. The Hall–Kier alpha value is -1.51. The topological polar surface area (TPSA) is 38.3 Å². The number of hydrogen-bond acceptors (Lipinski definition) is 2. The molecule has 3 heteroatoms. The van der Waals surface area contributed by atoms with Gasteiger partial charge >= 0.3 is 0 Å². The van der Waals surface area contributed by atoms with Crippen LogP contribution in [0.25, 0.3) is 0 Å². The molecule has 0 heterocycles. The van der Waals surface area contributed by atoms with Gasteiger partial charge in [0.1, 0.15) is 5.75 Å². The number of rotatable bonds is 6. The van der Waals surface area contributed by atoms with E-state index in [0.29, 0.717) is 11.8 Å². The van der Waals surface area contributed by atoms with Gasteiger partial charge in [0.2, 0.25) is 5.91 Å². The maximum Gasteiger partial charge on any atom is 0.220 e. The first-order valence-electron chi connectivity index (χ1n) is 9.16. The molecule has 0 radical (unpaired) electrons. The molecule has 3 aliphatic carbocycles. The molecule has 124 valence electrons. The Morgan fingerprint density at radius 1 is 1.17 bits per heavy atom. The third-order valence-electron chi connectivity index (χ3n) is 6.22. The maximum absolute atomic E-state index is 12.6. The zero-order chi connectivity index (χ0) is 15.8. The first-order chi connectivity index (χ1) is 11.2. The molecule has 4 rings (SSSR count). The molecule has 1 aromatic rings. The Morgan fingerprint density at radius 2 is 1.96 bits per heavy atom. The summed E-state index contributed by atoms with van der Waals surface area (Å²) in [6.45, 7) is 0. The second-order valence-corrected chi connectivity index (χ2v) is 7.79. The highest BCUT2D eigenvalue weighted by molar-refractivity contribution is 5.77. The minimum atomic E-state index is 0.187. The second-order valence-electron chi connectivity index (χ2n) is 7.79. The molecule has 0 spiro atoms. The largest absolute Gasteiger partial charge is 0.497 e. The normalized spacial score (nSPS) is 30.2. The van der Waals surface area contributed by atoms with Gasteiger partial charge in [-0.05, 0) is 73.5 Å². The van der Waals surface area contributed by atoms with Crippen LogP contribution >= 0.6 is 0 Å².